The number of carboxylic acid groups (broad SMARTS) is 1. The summed E-state index contributed by atoms with van der Waals surface area (Å²) in [6, 6.07) is 16.1. The molecule has 2 aliphatic rings. The summed E-state index contributed by atoms with van der Waals surface area (Å²) in [5.74, 6) is -1.41. The van der Waals surface area contributed by atoms with E-state index in [0.29, 0.717) is 12.8 Å². The summed E-state index contributed by atoms with van der Waals surface area (Å²) in [6.45, 7) is 0.135. The van der Waals surface area contributed by atoms with E-state index in [0.717, 1.165) is 35.1 Å². The Balaban J connectivity index is 1.29. The van der Waals surface area contributed by atoms with Crippen LogP contribution in [-0.2, 0) is 19.1 Å². The highest BCUT2D eigenvalue weighted by Crippen LogP contribution is 2.44. The predicted octanol–water partition coefficient (Wildman–Crippen LogP) is 3.30. The van der Waals surface area contributed by atoms with Crippen molar-refractivity contribution in [1.82, 2.24) is 10.6 Å². The lowest BCUT2D eigenvalue weighted by atomic mass is 9.86. The van der Waals surface area contributed by atoms with Crippen LogP contribution in [0.1, 0.15) is 42.7 Å². The molecular weight excluding hydrogens is 436 g/mol. The van der Waals surface area contributed by atoms with Crippen LogP contribution in [0.3, 0.4) is 0 Å². The van der Waals surface area contributed by atoms with E-state index in [1.165, 1.54) is 7.11 Å². The first-order valence-corrected chi connectivity index (χ1v) is 11.6. The number of hydrogen-bond donors (Lipinski definition) is 3. The first kappa shape index (κ1) is 23.8. The highest BCUT2D eigenvalue weighted by molar-refractivity contribution is 5.83. The molecule has 2 aromatic rings. The predicted molar refractivity (Wildman–Crippen MR) is 125 cm³/mol. The summed E-state index contributed by atoms with van der Waals surface area (Å²) in [7, 11) is 1.37. The monoisotopic (exact) mass is 466 g/mol. The number of ether oxygens (including phenoxy) is 2. The molecule has 1 unspecified atom stereocenters. The van der Waals surface area contributed by atoms with Crippen molar-refractivity contribution in [3.05, 3.63) is 59.7 Å². The molecule has 34 heavy (non-hydrogen) atoms. The molecule has 1 atom stereocenters. The molecule has 2 amide bonds. The Bertz CT molecular complexity index is 1020. The maximum absolute atomic E-state index is 12.5. The fourth-order valence-corrected chi connectivity index (χ4v) is 5.00. The quantitative estimate of drug-likeness (QED) is 0.523. The number of rotatable bonds is 9. The number of alkyl carbamates (subject to hydrolysis) is 1. The second-order valence-corrected chi connectivity index (χ2v) is 8.94. The van der Waals surface area contributed by atoms with Gasteiger partial charge in [0, 0.05) is 19.6 Å². The summed E-state index contributed by atoms with van der Waals surface area (Å²) in [5.41, 5.74) is 3.60. The Morgan fingerprint density at radius 2 is 1.59 bits per heavy atom. The molecule has 0 spiro atoms. The van der Waals surface area contributed by atoms with E-state index in [2.05, 4.69) is 22.8 Å². The highest BCUT2D eigenvalue weighted by Gasteiger charge is 2.41. The number of fused-ring (bicyclic) bond motifs is 3. The summed E-state index contributed by atoms with van der Waals surface area (Å²) in [5, 5.41) is 14.8. The van der Waals surface area contributed by atoms with Gasteiger partial charge in [-0.05, 0) is 35.1 Å². The zero-order valence-corrected chi connectivity index (χ0v) is 19.2. The number of carboxylic acids is 1. The Kier molecular flexibility index (Phi) is 7.17. The molecule has 4 rings (SSSR count). The van der Waals surface area contributed by atoms with Crippen molar-refractivity contribution in [3.8, 4) is 11.1 Å². The van der Waals surface area contributed by atoms with Crippen LogP contribution in [0.2, 0.25) is 0 Å². The van der Waals surface area contributed by atoms with Crippen molar-refractivity contribution >= 4 is 18.0 Å². The SMILES string of the molecule is COC(CNC(=O)OCC1c2ccccc2-c2ccccc21)C(=O)NCC1(C(=O)O)CCCC1. The molecule has 2 aliphatic carbocycles. The van der Waals surface area contributed by atoms with Gasteiger partial charge in [0.15, 0.2) is 6.10 Å². The number of nitrogens with one attached hydrogen (secondary N) is 2. The Labute approximate surface area is 198 Å². The van der Waals surface area contributed by atoms with Gasteiger partial charge in [-0.3, -0.25) is 9.59 Å². The molecule has 0 aromatic heterocycles. The van der Waals surface area contributed by atoms with Crippen molar-refractivity contribution in [2.75, 3.05) is 26.8 Å². The first-order chi connectivity index (χ1) is 16.4. The van der Waals surface area contributed by atoms with Crippen molar-refractivity contribution < 1.29 is 29.0 Å². The topological polar surface area (TPSA) is 114 Å². The van der Waals surface area contributed by atoms with E-state index in [9.17, 15) is 19.5 Å². The fourth-order valence-electron chi connectivity index (χ4n) is 5.00. The van der Waals surface area contributed by atoms with Crippen LogP contribution in [0.5, 0.6) is 0 Å². The maximum atomic E-state index is 12.5. The van der Waals surface area contributed by atoms with Gasteiger partial charge in [-0.1, -0.05) is 61.4 Å². The lowest BCUT2D eigenvalue weighted by molar-refractivity contribution is -0.148. The number of hydrogen-bond acceptors (Lipinski definition) is 5. The molecule has 8 heteroatoms. The van der Waals surface area contributed by atoms with Crippen molar-refractivity contribution in [3.63, 3.8) is 0 Å². The van der Waals surface area contributed by atoms with E-state index in [4.69, 9.17) is 9.47 Å². The van der Waals surface area contributed by atoms with Crippen LogP contribution in [-0.4, -0.2) is 56.0 Å². The summed E-state index contributed by atoms with van der Waals surface area (Å²) in [4.78, 5) is 36.6. The van der Waals surface area contributed by atoms with Gasteiger partial charge in [-0.2, -0.15) is 0 Å². The van der Waals surface area contributed by atoms with Crippen molar-refractivity contribution in [1.29, 1.82) is 0 Å². The highest BCUT2D eigenvalue weighted by atomic mass is 16.5. The Hall–Kier alpha value is -3.39. The summed E-state index contributed by atoms with van der Waals surface area (Å²) >= 11 is 0. The van der Waals surface area contributed by atoms with Crippen LogP contribution in [0.15, 0.2) is 48.5 Å². The minimum Gasteiger partial charge on any atom is -0.481 e. The van der Waals surface area contributed by atoms with E-state index < -0.39 is 29.5 Å². The number of methoxy groups -OCH3 is 1. The van der Waals surface area contributed by atoms with Gasteiger partial charge in [0.25, 0.3) is 5.91 Å². The van der Waals surface area contributed by atoms with Crippen LogP contribution in [0.4, 0.5) is 4.79 Å². The second kappa shape index (κ2) is 10.3. The third kappa shape index (κ3) is 4.77. The van der Waals surface area contributed by atoms with Gasteiger partial charge in [-0.15, -0.1) is 0 Å². The maximum Gasteiger partial charge on any atom is 0.407 e. The zero-order valence-electron chi connectivity index (χ0n) is 19.2. The number of carbonyl (C=O) groups is 3. The molecule has 0 heterocycles. The van der Waals surface area contributed by atoms with E-state index in [-0.39, 0.29) is 25.6 Å². The van der Waals surface area contributed by atoms with Gasteiger partial charge in [-0.25, -0.2) is 4.79 Å². The number of aliphatic carboxylic acids is 1. The molecule has 0 aliphatic heterocycles. The molecule has 0 radical (unpaired) electrons. The summed E-state index contributed by atoms with van der Waals surface area (Å²) < 4.78 is 10.7. The Morgan fingerprint density at radius 3 is 2.15 bits per heavy atom. The average molecular weight is 467 g/mol. The van der Waals surface area contributed by atoms with E-state index in [1.54, 1.807) is 0 Å². The van der Waals surface area contributed by atoms with Gasteiger partial charge in [0.05, 0.1) is 12.0 Å². The normalized spacial score (nSPS) is 16.9. The fraction of sp³-hybridized carbons (Fsp3) is 0.423. The smallest absolute Gasteiger partial charge is 0.407 e. The molecule has 180 valence electrons. The van der Waals surface area contributed by atoms with Crippen molar-refractivity contribution in [2.45, 2.75) is 37.7 Å². The second-order valence-electron chi connectivity index (χ2n) is 8.94. The first-order valence-electron chi connectivity index (χ1n) is 11.6. The number of benzene rings is 2. The molecule has 8 nitrogen and oxygen atoms in total. The third-order valence-corrected chi connectivity index (χ3v) is 6.97. The van der Waals surface area contributed by atoms with Crippen molar-refractivity contribution in [2.24, 2.45) is 5.41 Å². The molecule has 0 bridgehead atoms. The van der Waals surface area contributed by atoms with Gasteiger partial charge < -0.3 is 25.2 Å². The van der Waals surface area contributed by atoms with Crippen LogP contribution < -0.4 is 10.6 Å². The van der Waals surface area contributed by atoms with Gasteiger partial charge in [0.2, 0.25) is 0 Å². The van der Waals surface area contributed by atoms with Crippen LogP contribution in [0, 0.1) is 5.41 Å². The van der Waals surface area contributed by atoms with Gasteiger partial charge in [0.1, 0.15) is 6.61 Å². The standard InChI is InChI=1S/C26H30N2O6/c1-33-22(23(29)28-16-26(24(30)31)12-6-7-13-26)14-27-25(32)34-15-21-19-10-4-2-8-17(19)18-9-3-5-11-20(18)21/h2-5,8-11,21-22H,6-7,12-16H2,1H3,(H,27,32)(H,28,29)(H,30,31). The molecule has 3 N–H and O–H groups in total. The molecular formula is C26H30N2O6. The minimum absolute atomic E-state index is 0.0476. The lowest BCUT2D eigenvalue weighted by Crippen LogP contribution is -2.48. The summed E-state index contributed by atoms with van der Waals surface area (Å²) in [6.07, 6.45) is 1.15. The largest absolute Gasteiger partial charge is 0.481 e. The average Bonchev–Trinajstić information content (AvgIpc) is 3.46. The molecule has 2 aromatic carbocycles. The van der Waals surface area contributed by atoms with E-state index >= 15 is 0 Å². The van der Waals surface area contributed by atoms with Crippen LogP contribution in [0.25, 0.3) is 11.1 Å². The van der Waals surface area contributed by atoms with Crippen LogP contribution >= 0.6 is 0 Å². The molecule has 1 saturated carbocycles. The van der Waals surface area contributed by atoms with Gasteiger partial charge >= 0.3 is 12.1 Å². The zero-order chi connectivity index (χ0) is 24.1. The van der Waals surface area contributed by atoms with E-state index in [1.807, 2.05) is 36.4 Å². The molecule has 1 fully saturated rings. The molecule has 0 saturated heterocycles. The minimum atomic E-state index is -0.951. The Morgan fingerprint density at radius 1 is 1.00 bits per heavy atom. The lowest BCUT2D eigenvalue weighted by Gasteiger charge is -2.25. The number of amides is 2. The third-order valence-electron chi connectivity index (χ3n) is 6.97. The number of carbonyl (C=O) groups excluding carboxylic acids is 2.